The number of hydrogen-bond acceptors (Lipinski definition) is 4. The zero-order valence-electron chi connectivity index (χ0n) is 11.0. The van der Waals surface area contributed by atoms with Crippen LogP contribution in [0, 0.1) is 0 Å². The molecule has 19 heavy (non-hydrogen) atoms. The predicted molar refractivity (Wildman–Crippen MR) is 82.0 cm³/mol. The molecule has 6 heteroatoms. The van der Waals surface area contributed by atoms with Crippen molar-refractivity contribution in [1.29, 1.82) is 0 Å². The van der Waals surface area contributed by atoms with Crippen molar-refractivity contribution in [2.75, 3.05) is 0 Å². The van der Waals surface area contributed by atoms with Gasteiger partial charge in [0.15, 0.2) is 5.01 Å². The lowest BCUT2D eigenvalue weighted by molar-refractivity contribution is 0.423. The number of rotatable bonds is 3. The topological polar surface area (TPSA) is 37.8 Å². The van der Waals surface area contributed by atoms with E-state index in [1.807, 2.05) is 6.07 Å². The highest BCUT2D eigenvalue weighted by atomic mass is 35.5. The average Bonchev–Trinajstić information content (AvgIpc) is 2.74. The lowest BCUT2D eigenvalue weighted by Crippen LogP contribution is -2.35. The summed E-state index contributed by atoms with van der Waals surface area (Å²) in [5, 5.41) is 14.6. The summed E-state index contributed by atoms with van der Waals surface area (Å²) in [5.41, 5.74) is 0.804. The quantitative estimate of drug-likeness (QED) is 0.912. The van der Waals surface area contributed by atoms with Crippen LogP contribution in [0.1, 0.15) is 25.8 Å². The number of hydrogen-bond donors (Lipinski definition) is 1. The largest absolute Gasteiger partial charge is 0.306 e. The van der Waals surface area contributed by atoms with E-state index in [2.05, 4.69) is 36.3 Å². The molecule has 0 spiro atoms. The van der Waals surface area contributed by atoms with E-state index in [4.69, 9.17) is 23.2 Å². The van der Waals surface area contributed by atoms with Crippen LogP contribution in [0.2, 0.25) is 10.0 Å². The minimum atomic E-state index is 0.0495. The van der Waals surface area contributed by atoms with Gasteiger partial charge in [0.2, 0.25) is 0 Å². The molecular formula is C13H15Cl2N3S. The maximum atomic E-state index is 6.16. The standard InChI is InChI=1S/C13H15Cl2N3S/c1-13(2,3)16-7-10-17-18-12(19-10)11-8(14)5-4-6-9(11)15/h4-6,16H,7H2,1-3H3. The number of benzene rings is 1. The first-order chi connectivity index (χ1) is 8.87. The first-order valence-corrected chi connectivity index (χ1v) is 7.46. The fraction of sp³-hybridized carbons (Fsp3) is 0.385. The Balaban J connectivity index is 2.22. The van der Waals surface area contributed by atoms with E-state index in [0.29, 0.717) is 16.6 Å². The smallest absolute Gasteiger partial charge is 0.150 e. The number of aromatic nitrogens is 2. The molecule has 102 valence electrons. The van der Waals surface area contributed by atoms with Gasteiger partial charge in [0, 0.05) is 11.1 Å². The van der Waals surface area contributed by atoms with E-state index in [9.17, 15) is 0 Å². The first-order valence-electron chi connectivity index (χ1n) is 5.88. The van der Waals surface area contributed by atoms with Crippen molar-refractivity contribution in [3.05, 3.63) is 33.3 Å². The molecule has 3 nitrogen and oxygen atoms in total. The van der Waals surface area contributed by atoms with Crippen LogP contribution in [0.25, 0.3) is 10.6 Å². The first kappa shape index (κ1) is 14.7. The Morgan fingerprint density at radius 3 is 2.37 bits per heavy atom. The zero-order chi connectivity index (χ0) is 14.0. The van der Waals surface area contributed by atoms with Crippen molar-refractivity contribution in [2.45, 2.75) is 32.9 Å². The Hall–Kier alpha value is -0.680. The molecule has 1 aromatic carbocycles. The van der Waals surface area contributed by atoms with Crippen LogP contribution in [0.5, 0.6) is 0 Å². The van der Waals surface area contributed by atoms with Gasteiger partial charge in [-0.3, -0.25) is 0 Å². The van der Waals surface area contributed by atoms with Gasteiger partial charge in [0.1, 0.15) is 5.01 Å². The molecule has 0 aliphatic carbocycles. The zero-order valence-corrected chi connectivity index (χ0v) is 13.3. The second-order valence-corrected chi connectivity index (χ2v) is 7.08. The molecule has 2 rings (SSSR count). The molecule has 1 heterocycles. The maximum Gasteiger partial charge on any atom is 0.150 e. The molecule has 1 N–H and O–H groups in total. The number of nitrogens with one attached hydrogen (secondary N) is 1. The van der Waals surface area contributed by atoms with Crippen LogP contribution in [-0.4, -0.2) is 15.7 Å². The fourth-order valence-corrected chi connectivity index (χ4v) is 3.01. The van der Waals surface area contributed by atoms with Crippen LogP contribution in [-0.2, 0) is 6.54 Å². The minimum Gasteiger partial charge on any atom is -0.306 e. The third-order valence-electron chi connectivity index (χ3n) is 2.41. The van der Waals surface area contributed by atoms with Crippen LogP contribution >= 0.6 is 34.5 Å². The van der Waals surface area contributed by atoms with Gasteiger partial charge in [-0.2, -0.15) is 0 Å². The molecule has 0 atom stereocenters. The van der Waals surface area contributed by atoms with Crippen LogP contribution in [0.15, 0.2) is 18.2 Å². The van der Waals surface area contributed by atoms with E-state index in [1.54, 1.807) is 12.1 Å². The van der Waals surface area contributed by atoms with Gasteiger partial charge >= 0.3 is 0 Å². The predicted octanol–water partition coefficient (Wildman–Crippen LogP) is 4.40. The summed E-state index contributed by atoms with van der Waals surface area (Å²) in [5.74, 6) is 0. The van der Waals surface area contributed by atoms with Crippen molar-refractivity contribution in [1.82, 2.24) is 15.5 Å². The Labute approximate surface area is 127 Å². The van der Waals surface area contributed by atoms with Crippen molar-refractivity contribution >= 4 is 34.5 Å². The molecule has 1 aromatic heterocycles. The lowest BCUT2D eigenvalue weighted by atomic mass is 10.1. The van der Waals surface area contributed by atoms with Gasteiger partial charge in [-0.15, -0.1) is 10.2 Å². The molecule has 0 amide bonds. The van der Waals surface area contributed by atoms with Crippen LogP contribution < -0.4 is 5.32 Å². The van der Waals surface area contributed by atoms with Gasteiger partial charge < -0.3 is 5.32 Å². The third-order valence-corrected chi connectivity index (χ3v) is 3.98. The monoisotopic (exact) mass is 315 g/mol. The molecule has 0 fully saturated rings. The normalized spacial score (nSPS) is 11.8. The SMILES string of the molecule is CC(C)(C)NCc1nnc(-c2c(Cl)cccc2Cl)s1. The van der Waals surface area contributed by atoms with Gasteiger partial charge in [0.05, 0.1) is 16.6 Å². The van der Waals surface area contributed by atoms with Crippen molar-refractivity contribution in [2.24, 2.45) is 0 Å². The molecule has 0 radical (unpaired) electrons. The summed E-state index contributed by atoms with van der Waals surface area (Å²) >= 11 is 13.8. The molecule has 0 saturated heterocycles. The lowest BCUT2D eigenvalue weighted by Gasteiger charge is -2.19. The summed E-state index contributed by atoms with van der Waals surface area (Å²) in [6.45, 7) is 7.02. The molecule has 2 aromatic rings. The van der Waals surface area contributed by atoms with Gasteiger partial charge in [-0.05, 0) is 32.9 Å². The molecule has 0 unspecified atom stereocenters. The van der Waals surface area contributed by atoms with Crippen molar-refractivity contribution < 1.29 is 0 Å². The maximum absolute atomic E-state index is 6.16. The van der Waals surface area contributed by atoms with Crippen molar-refractivity contribution in [3.8, 4) is 10.6 Å². The highest BCUT2D eigenvalue weighted by Crippen LogP contribution is 2.36. The third kappa shape index (κ3) is 3.89. The summed E-state index contributed by atoms with van der Waals surface area (Å²) in [6, 6.07) is 5.42. The highest BCUT2D eigenvalue weighted by Gasteiger charge is 2.15. The number of nitrogens with zero attached hydrogens (tertiary/aromatic N) is 2. The second kappa shape index (κ2) is 5.75. The van der Waals surface area contributed by atoms with E-state index in [0.717, 1.165) is 15.6 Å². The molecule has 0 aliphatic rings. The summed E-state index contributed by atoms with van der Waals surface area (Å²) in [7, 11) is 0. The van der Waals surface area contributed by atoms with E-state index >= 15 is 0 Å². The van der Waals surface area contributed by atoms with Gasteiger partial charge in [0.25, 0.3) is 0 Å². The second-order valence-electron chi connectivity index (χ2n) is 5.20. The van der Waals surface area contributed by atoms with Crippen molar-refractivity contribution in [3.63, 3.8) is 0 Å². The summed E-state index contributed by atoms with van der Waals surface area (Å²) in [4.78, 5) is 0. The molecule has 0 bridgehead atoms. The fourth-order valence-electron chi connectivity index (χ4n) is 1.47. The van der Waals surface area contributed by atoms with Crippen LogP contribution in [0.3, 0.4) is 0 Å². The van der Waals surface area contributed by atoms with Gasteiger partial charge in [-0.25, -0.2) is 0 Å². The van der Waals surface area contributed by atoms with E-state index in [-0.39, 0.29) is 5.54 Å². The molecule has 0 aliphatic heterocycles. The Morgan fingerprint density at radius 2 is 1.79 bits per heavy atom. The number of halogens is 2. The molecule has 0 saturated carbocycles. The average molecular weight is 316 g/mol. The highest BCUT2D eigenvalue weighted by molar-refractivity contribution is 7.14. The van der Waals surface area contributed by atoms with Crippen LogP contribution in [0.4, 0.5) is 0 Å². The molecular weight excluding hydrogens is 301 g/mol. The minimum absolute atomic E-state index is 0.0495. The summed E-state index contributed by atoms with van der Waals surface area (Å²) in [6.07, 6.45) is 0. The Morgan fingerprint density at radius 1 is 1.16 bits per heavy atom. The Kier molecular flexibility index (Phi) is 4.46. The Bertz CT molecular complexity index is 555. The van der Waals surface area contributed by atoms with Gasteiger partial charge in [-0.1, -0.05) is 40.6 Å². The van der Waals surface area contributed by atoms with E-state index in [1.165, 1.54) is 11.3 Å². The summed E-state index contributed by atoms with van der Waals surface area (Å²) < 4.78 is 0. The van der Waals surface area contributed by atoms with E-state index < -0.39 is 0 Å².